The van der Waals surface area contributed by atoms with Crippen molar-refractivity contribution in [1.82, 2.24) is 47.4 Å². The fourth-order valence-electron chi connectivity index (χ4n) is 9.67. The Morgan fingerprint density at radius 3 is 0.689 bits per heavy atom. The Kier molecular flexibility index (Phi) is 67.6. The summed E-state index contributed by atoms with van der Waals surface area (Å²) in [6.45, 7) is -0.190. The quantitative estimate of drug-likeness (QED) is 0.0172. The van der Waals surface area contributed by atoms with Crippen molar-refractivity contribution in [2.45, 2.75) is 101 Å². The van der Waals surface area contributed by atoms with E-state index in [4.69, 9.17) is 114 Å². The molecule has 0 bridgehead atoms. The fraction of sp³-hybridized carbons (Fsp3) is 0.703. The monoisotopic (exact) mass is 1760 g/mol. The molecular formula is C74H124N12O36. The number of carboxylic acids is 6. The number of aliphatic carboxylic acids is 6. The van der Waals surface area contributed by atoms with Crippen LogP contribution in [0, 0.1) is 11.1 Å². The molecule has 0 fully saturated rings. The standard InChI is InChI=1S/C41H61N5O19.C33H59N5O17.H2N2.H2/c47-32(42-12-23-59-20-9-36(51)52)5-17-63-27-41(28-64-18-6-33(48)43-13-24-60-21-10-37(53)54,29-65-19-7-34(49)44-14-25-61-22-11-38(55)56)45-35(50)8-16-62-26-15-46-39(57)30-3-1-2-4-31(30)40(46)58;34-8-19-49-12-4-29(42)38-33(23-53-13-1-26(39)35-9-20-50-16-5-30(43)44,24-54-14-2-27(40)36-10-21-51-17-6-31(45)46)25-55-15-3-28(41)37-11-22-52-18-7-32(47)48;1-2;/h1-4H,5-29H2,(H,42,47)(H,43,48)(H,44,49)(H,45,50)(H,51,52)(H,53,54)(H,55,56);1-25,34H2,(H,35,39)(H,36,40)(H,37,41)(H,38,42)(H,43,44)(H,45,46)(H,47,48);1-2H;1H. The van der Waals surface area contributed by atoms with Gasteiger partial charge in [-0.05, 0) is 12.1 Å². The number of nitrogens with one attached hydrogen (secondary N) is 10. The lowest BCUT2D eigenvalue weighted by atomic mass is 10.0. The van der Waals surface area contributed by atoms with E-state index in [0.717, 1.165) is 4.90 Å². The van der Waals surface area contributed by atoms with E-state index in [9.17, 15) is 76.7 Å². The van der Waals surface area contributed by atoms with Gasteiger partial charge in [-0.15, -0.1) is 0 Å². The van der Waals surface area contributed by atoms with Crippen LogP contribution in [-0.4, -0.2) is 379 Å². The molecule has 10 amide bonds. The largest absolute Gasteiger partial charge is 0.481 e. The molecule has 696 valence electrons. The normalized spacial score (nSPS) is 11.5. The van der Waals surface area contributed by atoms with Gasteiger partial charge in [0.25, 0.3) is 11.8 Å². The number of ether oxygens (including phenoxy) is 14. The molecule has 1 aliphatic rings. The van der Waals surface area contributed by atoms with Gasteiger partial charge < -0.3 is 145 Å². The third kappa shape index (κ3) is 63.9. The maximum Gasteiger partial charge on any atom is 0.305 e. The van der Waals surface area contributed by atoms with E-state index in [-0.39, 0.29) is 346 Å². The Morgan fingerprint density at radius 1 is 0.287 bits per heavy atom. The van der Waals surface area contributed by atoms with Crippen LogP contribution < -0.4 is 48.3 Å². The molecule has 18 N–H and O–H groups in total. The van der Waals surface area contributed by atoms with Crippen molar-refractivity contribution in [2.24, 2.45) is 5.73 Å². The molecule has 48 nitrogen and oxygen atoms in total. The van der Waals surface area contributed by atoms with E-state index in [1.54, 1.807) is 24.3 Å². The number of hydrogen-bond donors (Lipinski definition) is 17. The zero-order valence-electron chi connectivity index (χ0n) is 68.6. The number of imide groups is 1. The summed E-state index contributed by atoms with van der Waals surface area (Å²) in [5.74, 6) is -10.2. The molecule has 48 heteroatoms. The summed E-state index contributed by atoms with van der Waals surface area (Å²) in [7, 11) is 0. The Balaban J connectivity index is 0. The maximum absolute atomic E-state index is 13.4. The van der Waals surface area contributed by atoms with Gasteiger partial charge in [0, 0.05) is 98.6 Å². The first-order valence-electron chi connectivity index (χ1n) is 39.1. The van der Waals surface area contributed by atoms with Gasteiger partial charge in [-0.25, -0.2) is 11.1 Å². The zero-order chi connectivity index (χ0) is 90.7. The Hall–Kier alpha value is -10.1. The average Bonchev–Trinajstić information content (AvgIpc) is 1.64. The van der Waals surface area contributed by atoms with Crippen molar-refractivity contribution in [3.8, 4) is 0 Å². The van der Waals surface area contributed by atoms with Crippen LogP contribution in [0.2, 0.25) is 0 Å². The van der Waals surface area contributed by atoms with Gasteiger partial charge in [0.15, 0.2) is 0 Å². The van der Waals surface area contributed by atoms with Gasteiger partial charge in [0.1, 0.15) is 11.1 Å². The topological polar surface area (TPSA) is 697 Å². The predicted octanol–water partition coefficient (Wildman–Crippen LogP) is -3.32. The van der Waals surface area contributed by atoms with Crippen LogP contribution in [0.4, 0.5) is 0 Å². The summed E-state index contributed by atoms with van der Waals surface area (Å²) >= 11 is 0. The fourth-order valence-corrected chi connectivity index (χ4v) is 9.67. The van der Waals surface area contributed by atoms with Gasteiger partial charge in [0.2, 0.25) is 47.3 Å². The molecule has 122 heavy (non-hydrogen) atoms. The number of hydrogen-bond acceptors (Lipinski definition) is 33. The number of fused-ring (bicyclic) bond motifs is 1. The van der Waals surface area contributed by atoms with Gasteiger partial charge in [0.05, 0.1) is 241 Å². The molecule has 0 unspecified atom stereocenters. The molecule has 0 atom stereocenters. The van der Waals surface area contributed by atoms with Crippen molar-refractivity contribution in [1.29, 1.82) is 11.1 Å². The molecule has 1 aromatic carbocycles. The first-order valence-corrected chi connectivity index (χ1v) is 39.1. The number of amides is 10. The lowest BCUT2D eigenvalue weighted by molar-refractivity contribution is -0.139. The van der Waals surface area contributed by atoms with Crippen molar-refractivity contribution in [2.75, 3.05) is 237 Å². The number of nitrogens with two attached hydrogens (primary N) is 1. The second kappa shape index (κ2) is 73.6. The van der Waals surface area contributed by atoms with Crippen LogP contribution in [0.25, 0.3) is 0 Å². The summed E-state index contributed by atoms with van der Waals surface area (Å²) in [5, 5.41) is 73.5. The van der Waals surface area contributed by atoms with Gasteiger partial charge >= 0.3 is 35.8 Å². The molecule has 0 radical (unpaired) electrons. The lowest BCUT2D eigenvalue weighted by Crippen LogP contribution is -2.59. The summed E-state index contributed by atoms with van der Waals surface area (Å²) < 4.78 is 76.8. The predicted molar refractivity (Wildman–Crippen MR) is 420 cm³/mol. The van der Waals surface area contributed by atoms with Crippen LogP contribution in [-0.2, 0) is 133 Å². The number of rotatable bonds is 79. The lowest BCUT2D eigenvalue weighted by Gasteiger charge is -2.34. The number of nitrogens with zero attached hydrogens (tertiary/aromatic N) is 1. The van der Waals surface area contributed by atoms with Crippen molar-refractivity contribution in [3.05, 3.63) is 35.4 Å². The third-order valence-electron chi connectivity index (χ3n) is 15.6. The van der Waals surface area contributed by atoms with Crippen molar-refractivity contribution in [3.63, 3.8) is 0 Å². The minimum absolute atomic E-state index is 0. The smallest absolute Gasteiger partial charge is 0.305 e. The summed E-state index contributed by atoms with van der Waals surface area (Å²) in [4.78, 5) is 191. The van der Waals surface area contributed by atoms with E-state index < -0.39 is 88.2 Å². The van der Waals surface area contributed by atoms with Crippen LogP contribution >= 0.6 is 0 Å². The molecule has 0 spiro atoms. The van der Waals surface area contributed by atoms with Crippen LogP contribution in [0.5, 0.6) is 0 Å². The molecule has 0 saturated carbocycles. The maximum atomic E-state index is 13.4. The van der Waals surface area contributed by atoms with E-state index in [1.165, 1.54) is 0 Å². The van der Waals surface area contributed by atoms with E-state index in [2.05, 4.69) is 42.5 Å². The van der Waals surface area contributed by atoms with Crippen molar-refractivity contribution < 1.29 is 175 Å². The highest BCUT2D eigenvalue weighted by Crippen LogP contribution is 2.22. The second-order valence-electron chi connectivity index (χ2n) is 25.9. The number of carbonyl (C=O) groups is 16. The molecular weight excluding hydrogens is 1630 g/mol. The number of carboxylic acid groups (broad SMARTS) is 6. The second-order valence-corrected chi connectivity index (χ2v) is 25.9. The first-order chi connectivity index (χ1) is 58.6. The van der Waals surface area contributed by atoms with Crippen LogP contribution in [0.15, 0.2) is 24.3 Å². The van der Waals surface area contributed by atoms with Crippen LogP contribution in [0.1, 0.15) is 112 Å². The Bertz CT molecular complexity index is 2980. The zero-order valence-corrected chi connectivity index (χ0v) is 68.6. The molecule has 2 rings (SSSR count). The molecule has 1 aromatic rings. The number of carbonyl (C=O) groups excluding carboxylic acids is 10. The first kappa shape index (κ1) is 112. The highest BCUT2D eigenvalue weighted by Gasteiger charge is 2.37. The SMILES string of the molecule is N=N.NCCOCCC(=O)NC(COCCC(=O)NCCOCCC(=O)O)(COCCC(=O)NCCOCCC(=O)O)COCCC(=O)NCCOCCC(=O)O.O=C(O)CCOCCNC(=O)CCOCC(COCCC(=O)NCCOCCC(=O)O)(COCCC(=O)NCCOCCC(=O)O)NC(=O)CCOCCN1C(=O)c2ccccc2C1=O.[HH]. The Labute approximate surface area is 705 Å². The van der Waals surface area contributed by atoms with E-state index in [0.29, 0.717) is 11.1 Å². The molecule has 0 aromatic heterocycles. The summed E-state index contributed by atoms with van der Waals surface area (Å²) in [5.41, 5.74) is 13.2. The minimum atomic E-state index is -1.45. The highest BCUT2D eigenvalue weighted by atomic mass is 16.5. The molecule has 0 aliphatic carbocycles. The van der Waals surface area contributed by atoms with E-state index in [1.807, 2.05) is 0 Å². The average molecular weight is 1760 g/mol. The summed E-state index contributed by atoms with van der Waals surface area (Å²) in [6, 6.07) is 6.43. The Morgan fingerprint density at radius 2 is 0.475 bits per heavy atom. The van der Waals surface area contributed by atoms with E-state index >= 15 is 0 Å². The van der Waals surface area contributed by atoms with Gasteiger partial charge in [-0.1, -0.05) is 12.1 Å². The molecule has 0 saturated heterocycles. The third-order valence-corrected chi connectivity index (χ3v) is 15.6. The molecule has 1 aliphatic heterocycles. The minimum Gasteiger partial charge on any atom is -0.481 e. The number of benzene rings is 1. The highest BCUT2D eigenvalue weighted by molar-refractivity contribution is 6.21. The van der Waals surface area contributed by atoms with Crippen molar-refractivity contribution >= 4 is 94.9 Å². The van der Waals surface area contributed by atoms with Gasteiger partial charge in [-0.2, -0.15) is 0 Å². The van der Waals surface area contributed by atoms with Crippen LogP contribution in [0.3, 0.4) is 0 Å². The summed E-state index contributed by atoms with van der Waals surface area (Å²) in [6.07, 6.45) is -1.78. The molecule has 1 heterocycles. The van der Waals surface area contributed by atoms with Gasteiger partial charge in [-0.3, -0.25) is 81.6 Å².